The van der Waals surface area contributed by atoms with Crippen molar-refractivity contribution in [3.8, 4) is 0 Å². The molecule has 0 saturated heterocycles. The summed E-state index contributed by atoms with van der Waals surface area (Å²) >= 11 is 0. The maximum Gasteiger partial charge on any atom is -0.0104 e. The van der Waals surface area contributed by atoms with Crippen molar-refractivity contribution in [1.82, 2.24) is 0 Å². The molecule has 0 amide bonds. The lowest BCUT2D eigenvalue weighted by atomic mass is 9.85. The molecule has 0 aliphatic rings. The molecule has 19 heavy (non-hydrogen) atoms. The Balaban J connectivity index is 2.05. The molecular formula is C19H22. The molecule has 1 unspecified atom stereocenters. The molecule has 2 rings (SSSR count). The molecule has 2 aromatic rings. The Bertz CT molecular complexity index is 494. The fourth-order valence-corrected chi connectivity index (χ4v) is 2.41. The highest BCUT2D eigenvalue weighted by Crippen LogP contribution is 2.28. The average Bonchev–Trinajstić information content (AvgIpc) is 2.45. The molecule has 0 nitrogen and oxygen atoms in total. The molecule has 0 heteroatoms. The van der Waals surface area contributed by atoms with Gasteiger partial charge in [-0.3, -0.25) is 0 Å². The Morgan fingerprint density at radius 1 is 0.842 bits per heavy atom. The third kappa shape index (κ3) is 4.10. The van der Waals surface area contributed by atoms with Crippen LogP contribution in [0, 0.1) is 5.92 Å². The molecule has 0 fully saturated rings. The fourth-order valence-electron chi connectivity index (χ4n) is 2.41. The van der Waals surface area contributed by atoms with Gasteiger partial charge in [0, 0.05) is 0 Å². The lowest BCUT2D eigenvalue weighted by Gasteiger charge is -2.19. The second-order valence-corrected chi connectivity index (χ2v) is 5.31. The first kappa shape index (κ1) is 13.6. The second-order valence-electron chi connectivity index (χ2n) is 5.31. The van der Waals surface area contributed by atoms with E-state index in [-0.39, 0.29) is 0 Å². The van der Waals surface area contributed by atoms with Gasteiger partial charge in [-0.05, 0) is 29.4 Å². The average molecular weight is 250 g/mol. The highest BCUT2D eigenvalue weighted by atomic mass is 14.2. The number of allylic oxidation sites excluding steroid dienone is 1. The van der Waals surface area contributed by atoms with Crippen LogP contribution in [-0.4, -0.2) is 0 Å². The smallest absolute Gasteiger partial charge is 0.0104 e. The van der Waals surface area contributed by atoms with Crippen molar-refractivity contribution in [2.45, 2.75) is 26.2 Å². The van der Waals surface area contributed by atoms with E-state index in [1.165, 1.54) is 11.1 Å². The number of benzene rings is 2. The van der Waals surface area contributed by atoms with Gasteiger partial charge < -0.3 is 0 Å². The first-order valence-electron chi connectivity index (χ1n) is 7.04. The summed E-state index contributed by atoms with van der Waals surface area (Å²) in [6.07, 6.45) is 5.61. The highest BCUT2D eigenvalue weighted by molar-refractivity contribution is 5.48. The lowest BCUT2D eigenvalue weighted by molar-refractivity contribution is 0.503. The highest BCUT2D eigenvalue weighted by Gasteiger charge is 2.13. The van der Waals surface area contributed by atoms with Crippen LogP contribution in [0.5, 0.6) is 0 Å². The van der Waals surface area contributed by atoms with Gasteiger partial charge in [-0.25, -0.2) is 0 Å². The Labute approximate surface area is 116 Å². The van der Waals surface area contributed by atoms with Crippen molar-refractivity contribution < 1.29 is 0 Å². The van der Waals surface area contributed by atoms with E-state index in [1.54, 1.807) is 0 Å². The summed E-state index contributed by atoms with van der Waals surface area (Å²) in [6, 6.07) is 21.3. The summed E-state index contributed by atoms with van der Waals surface area (Å²) < 4.78 is 0. The van der Waals surface area contributed by atoms with Gasteiger partial charge in [0.05, 0.1) is 0 Å². The van der Waals surface area contributed by atoms with Crippen LogP contribution in [0.1, 0.15) is 37.3 Å². The predicted molar refractivity (Wildman–Crippen MR) is 84.1 cm³/mol. The number of hydrogen-bond acceptors (Lipinski definition) is 0. The zero-order valence-corrected chi connectivity index (χ0v) is 11.8. The van der Waals surface area contributed by atoms with Crippen LogP contribution in [0.2, 0.25) is 0 Å². The zero-order chi connectivity index (χ0) is 13.5. The SMILES string of the molecule is CC(C)C(C/C=C/c1ccccc1)c1ccccc1. The van der Waals surface area contributed by atoms with E-state index in [2.05, 4.69) is 86.7 Å². The molecule has 0 radical (unpaired) electrons. The standard InChI is InChI=1S/C19H22/c1-16(2)19(18-13-7-4-8-14-18)15-9-12-17-10-5-3-6-11-17/h3-14,16,19H,15H2,1-2H3/b12-9+. The largest absolute Gasteiger partial charge is 0.0833 e. The summed E-state index contributed by atoms with van der Waals surface area (Å²) in [5.41, 5.74) is 2.72. The summed E-state index contributed by atoms with van der Waals surface area (Å²) in [5.74, 6) is 1.25. The van der Waals surface area contributed by atoms with E-state index < -0.39 is 0 Å². The summed E-state index contributed by atoms with van der Waals surface area (Å²) in [6.45, 7) is 4.60. The molecule has 0 N–H and O–H groups in total. The quantitative estimate of drug-likeness (QED) is 0.654. The Kier molecular flexibility index (Phi) is 4.97. The zero-order valence-electron chi connectivity index (χ0n) is 11.8. The van der Waals surface area contributed by atoms with Gasteiger partial charge in [0.1, 0.15) is 0 Å². The van der Waals surface area contributed by atoms with Crippen LogP contribution < -0.4 is 0 Å². The molecule has 0 saturated carbocycles. The number of rotatable bonds is 5. The molecule has 0 aromatic heterocycles. The van der Waals surface area contributed by atoms with Gasteiger partial charge >= 0.3 is 0 Å². The van der Waals surface area contributed by atoms with Crippen LogP contribution in [0.15, 0.2) is 66.7 Å². The third-order valence-corrected chi connectivity index (χ3v) is 3.53. The van der Waals surface area contributed by atoms with E-state index in [0.717, 1.165) is 6.42 Å². The third-order valence-electron chi connectivity index (χ3n) is 3.53. The molecular weight excluding hydrogens is 228 g/mol. The minimum Gasteiger partial charge on any atom is -0.0833 e. The van der Waals surface area contributed by atoms with Crippen molar-refractivity contribution in [2.24, 2.45) is 5.92 Å². The molecule has 0 spiro atoms. The second kappa shape index (κ2) is 6.94. The number of hydrogen-bond donors (Lipinski definition) is 0. The molecule has 0 heterocycles. The Morgan fingerprint density at radius 2 is 1.42 bits per heavy atom. The van der Waals surface area contributed by atoms with Gasteiger partial charge in [-0.1, -0.05) is 86.7 Å². The first-order valence-corrected chi connectivity index (χ1v) is 7.04. The monoisotopic (exact) mass is 250 g/mol. The van der Waals surface area contributed by atoms with Crippen molar-refractivity contribution in [1.29, 1.82) is 0 Å². The van der Waals surface area contributed by atoms with Gasteiger partial charge in [-0.2, -0.15) is 0 Å². The van der Waals surface area contributed by atoms with Crippen LogP contribution in [0.3, 0.4) is 0 Å². The van der Waals surface area contributed by atoms with Gasteiger partial charge in [0.15, 0.2) is 0 Å². The predicted octanol–water partition coefficient (Wildman–Crippen LogP) is 5.53. The van der Waals surface area contributed by atoms with Crippen LogP contribution in [0.25, 0.3) is 6.08 Å². The van der Waals surface area contributed by atoms with Gasteiger partial charge in [-0.15, -0.1) is 0 Å². The first-order chi connectivity index (χ1) is 9.27. The van der Waals surface area contributed by atoms with Crippen molar-refractivity contribution >= 4 is 6.08 Å². The Hall–Kier alpha value is -1.82. The summed E-state index contributed by atoms with van der Waals surface area (Å²) in [5, 5.41) is 0. The fraction of sp³-hybridized carbons (Fsp3) is 0.263. The van der Waals surface area contributed by atoms with Crippen molar-refractivity contribution in [3.63, 3.8) is 0 Å². The van der Waals surface area contributed by atoms with Crippen molar-refractivity contribution in [3.05, 3.63) is 77.9 Å². The van der Waals surface area contributed by atoms with Crippen molar-refractivity contribution in [2.75, 3.05) is 0 Å². The normalized spacial score (nSPS) is 13.0. The van der Waals surface area contributed by atoms with E-state index >= 15 is 0 Å². The molecule has 98 valence electrons. The minimum atomic E-state index is 0.598. The van der Waals surface area contributed by atoms with E-state index in [1.807, 2.05) is 0 Å². The van der Waals surface area contributed by atoms with E-state index in [0.29, 0.717) is 11.8 Å². The summed E-state index contributed by atoms with van der Waals surface area (Å²) in [4.78, 5) is 0. The van der Waals surface area contributed by atoms with Crippen LogP contribution >= 0.6 is 0 Å². The Morgan fingerprint density at radius 3 is 2.00 bits per heavy atom. The maximum absolute atomic E-state index is 2.30. The van der Waals surface area contributed by atoms with Crippen LogP contribution in [0.4, 0.5) is 0 Å². The molecule has 0 aliphatic carbocycles. The summed E-state index contributed by atoms with van der Waals surface area (Å²) in [7, 11) is 0. The van der Waals surface area contributed by atoms with E-state index in [9.17, 15) is 0 Å². The molecule has 1 atom stereocenters. The molecule has 2 aromatic carbocycles. The topological polar surface area (TPSA) is 0 Å². The maximum atomic E-state index is 2.30. The van der Waals surface area contributed by atoms with E-state index in [4.69, 9.17) is 0 Å². The van der Waals surface area contributed by atoms with Crippen LogP contribution in [-0.2, 0) is 0 Å². The molecule has 0 aliphatic heterocycles. The van der Waals surface area contributed by atoms with Gasteiger partial charge in [0.2, 0.25) is 0 Å². The minimum absolute atomic E-state index is 0.598. The van der Waals surface area contributed by atoms with Gasteiger partial charge in [0.25, 0.3) is 0 Å². The lowest BCUT2D eigenvalue weighted by Crippen LogP contribution is -2.05. The molecule has 0 bridgehead atoms.